The molecule has 0 radical (unpaired) electrons. The number of aryl methyl sites for hydroxylation is 1. The number of rotatable bonds is 7. The number of hydrogen-bond donors (Lipinski definition) is 3. The molecule has 0 fully saturated rings. The third kappa shape index (κ3) is 6.22. The van der Waals surface area contributed by atoms with E-state index in [0.29, 0.717) is 25.3 Å². The van der Waals surface area contributed by atoms with Crippen LogP contribution in [0, 0.1) is 5.92 Å². The third-order valence-electron chi connectivity index (χ3n) is 2.84. The molecule has 0 bridgehead atoms. The topological polar surface area (TPSA) is 78.4 Å². The molecule has 0 aliphatic heterocycles. The Labute approximate surface area is 119 Å². The predicted octanol–water partition coefficient (Wildman–Crippen LogP) is 2.03. The zero-order chi connectivity index (χ0) is 15.0. The molecular formula is C15H22N2O3. The fraction of sp³-hybridized carbons (Fsp3) is 0.467. The van der Waals surface area contributed by atoms with Gasteiger partial charge in [-0.3, -0.25) is 0 Å². The summed E-state index contributed by atoms with van der Waals surface area (Å²) in [4.78, 5) is 22.7. The Balaban J connectivity index is 2.44. The molecule has 0 aliphatic rings. The molecule has 1 rings (SSSR count). The molecule has 1 atom stereocenters. The van der Waals surface area contributed by atoms with Gasteiger partial charge in [0.2, 0.25) is 0 Å². The molecule has 5 nitrogen and oxygen atoms in total. The average Bonchev–Trinajstić information content (AvgIpc) is 2.42. The van der Waals surface area contributed by atoms with Crippen LogP contribution in [0.2, 0.25) is 0 Å². The molecule has 0 spiro atoms. The molecule has 110 valence electrons. The average molecular weight is 278 g/mol. The number of aliphatic carboxylic acids is 1. The lowest BCUT2D eigenvalue weighted by molar-refractivity contribution is -0.139. The van der Waals surface area contributed by atoms with Gasteiger partial charge in [-0.2, -0.15) is 0 Å². The molecule has 20 heavy (non-hydrogen) atoms. The predicted molar refractivity (Wildman–Crippen MR) is 77.6 cm³/mol. The minimum atomic E-state index is -1.01. The molecule has 1 aromatic rings. The number of carbonyl (C=O) groups is 2. The van der Waals surface area contributed by atoms with Gasteiger partial charge in [0.1, 0.15) is 6.04 Å². The van der Waals surface area contributed by atoms with Gasteiger partial charge in [0.05, 0.1) is 0 Å². The number of carbonyl (C=O) groups excluding carboxylic acids is 1. The van der Waals surface area contributed by atoms with E-state index in [1.807, 2.05) is 44.2 Å². The van der Waals surface area contributed by atoms with E-state index in [1.54, 1.807) is 0 Å². The first-order valence-corrected chi connectivity index (χ1v) is 6.80. The van der Waals surface area contributed by atoms with Crippen molar-refractivity contribution in [1.82, 2.24) is 10.6 Å². The lowest BCUT2D eigenvalue weighted by atomic mass is 10.1. The van der Waals surface area contributed by atoms with Crippen molar-refractivity contribution >= 4 is 12.0 Å². The summed E-state index contributed by atoms with van der Waals surface area (Å²) in [6, 6.07) is 8.31. The number of hydrogen-bond acceptors (Lipinski definition) is 2. The molecule has 0 saturated carbocycles. The van der Waals surface area contributed by atoms with E-state index >= 15 is 0 Å². The second-order valence-corrected chi connectivity index (χ2v) is 5.16. The van der Waals surface area contributed by atoms with Gasteiger partial charge < -0.3 is 15.7 Å². The van der Waals surface area contributed by atoms with Crippen molar-refractivity contribution in [2.75, 3.05) is 6.54 Å². The monoisotopic (exact) mass is 278 g/mol. The molecule has 1 unspecified atom stereocenters. The highest BCUT2D eigenvalue weighted by Crippen LogP contribution is 2.05. The lowest BCUT2D eigenvalue weighted by Gasteiger charge is -2.16. The van der Waals surface area contributed by atoms with Crippen LogP contribution in [0.25, 0.3) is 0 Å². The standard InChI is InChI=1S/C15H22N2O3/c1-11(2)10-16-15(20)17-13(14(18)19)9-8-12-6-4-3-5-7-12/h3-7,11,13H,8-10H2,1-2H3,(H,18,19)(H2,16,17,20). The van der Waals surface area contributed by atoms with Crippen LogP contribution < -0.4 is 10.6 Å². The molecule has 5 heteroatoms. The van der Waals surface area contributed by atoms with E-state index in [0.717, 1.165) is 5.56 Å². The number of nitrogens with one attached hydrogen (secondary N) is 2. The normalized spacial score (nSPS) is 11.9. The fourth-order valence-corrected chi connectivity index (χ4v) is 1.72. The molecule has 3 N–H and O–H groups in total. The smallest absolute Gasteiger partial charge is 0.326 e. The Morgan fingerprint density at radius 3 is 2.40 bits per heavy atom. The van der Waals surface area contributed by atoms with Gasteiger partial charge in [0, 0.05) is 6.54 Å². The SMILES string of the molecule is CC(C)CNC(=O)NC(CCc1ccccc1)C(=O)O. The van der Waals surface area contributed by atoms with Crippen molar-refractivity contribution in [1.29, 1.82) is 0 Å². The summed E-state index contributed by atoms with van der Waals surface area (Å²) in [6.45, 7) is 4.48. The summed E-state index contributed by atoms with van der Waals surface area (Å²) < 4.78 is 0. The van der Waals surface area contributed by atoms with Gasteiger partial charge in [-0.05, 0) is 24.3 Å². The second-order valence-electron chi connectivity index (χ2n) is 5.16. The Morgan fingerprint density at radius 2 is 1.85 bits per heavy atom. The van der Waals surface area contributed by atoms with E-state index < -0.39 is 18.0 Å². The molecule has 2 amide bonds. The highest BCUT2D eigenvalue weighted by molar-refractivity contribution is 5.82. The Kier molecular flexibility index (Phi) is 6.56. The van der Waals surface area contributed by atoms with Crippen LogP contribution >= 0.6 is 0 Å². The third-order valence-corrected chi connectivity index (χ3v) is 2.84. The van der Waals surface area contributed by atoms with Crippen LogP contribution in [0.15, 0.2) is 30.3 Å². The van der Waals surface area contributed by atoms with Crippen molar-refractivity contribution in [3.63, 3.8) is 0 Å². The van der Waals surface area contributed by atoms with Gasteiger partial charge >= 0.3 is 12.0 Å². The van der Waals surface area contributed by atoms with Crippen LogP contribution in [0.1, 0.15) is 25.8 Å². The zero-order valence-corrected chi connectivity index (χ0v) is 11.9. The summed E-state index contributed by atoms with van der Waals surface area (Å²) in [6.07, 6.45) is 0.983. The first-order valence-electron chi connectivity index (χ1n) is 6.80. The van der Waals surface area contributed by atoms with Crippen molar-refractivity contribution < 1.29 is 14.7 Å². The highest BCUT2D eigenvalue weighted by atomic mass is 16.4. The van der Waals surface area contributed by atoms with Gasteiger partial charge in [-0.25, -0.2) is 9.59 Å². The van der Waals surface area contributed by atoms with Crippen molar-refractivity contribution in [3.8, 4) is 0 Å². The van der Waals surface area contributed by atoms with Crippen molar-refractivity contribution in [2.45, 2.75) is 32.7 Å². The molecule has 1 aromatic carbocycles. The number of carboxylic acids is 1. The number of benzene rings is 1. The number of carboxylic acid groups (broad SMARTS) is 1. The van der Waals surface area contributed by atoms with Crippen LogP contribution in [0.3, 0.4) is 0 Å². The molecule has 0 saturated heterocycles. The summed E-state index contributed by atoms with van der Waals surface area (Å²) in [5.74, 6) is -0.686. The van der Waals surface area contributed by atoms with E-state index in [2.05, 4.69) is 10.6 Å². The van der Waals surface area contributed by atoms with E-state index in [1.165, 1.54) is 0 Å². The van der Waals surface area contributed by atoms with Gasteiger partial charge in [-0.1, -0.05) is 44.2 Å². The maximum absolute atomic E-state index is 11.6. The zero-order valence-electron chi connectivity index (χ0n) is 11.9. The largest absolute Gasteiger partial charge is 0.480 e. The quantitative estimate of drug-likeness (QED) is 0.714. The second kappa shape index (κ2) is 8.19. The highest BCUT2D eigenvalue weighted by Gasteiger charge is 2.19. The minimum absolute atomic E-state index is 0.327. The maximum atomic E-state index is 11.6. The Bertz CT molecular complexity index is 432. The minimum Gasteiger partial charge on any atom is -0.480 e. The molecule has 0 heterocycles. The van der Waals surface area contributed by atoms with Crippen molar-refractivity contribution in [2.24, 2.45) is 5.92 Å². The van der Waals surface area contributed by atoms with Crippen LogP contribution in [-0.2, 0) is 11.2 Å². The van der Waals surface area contributed by atoms with Crippen LogP contribution in [-0.4, -0.2) is 29.7 Å². The first kappa shape index (κ1) is 16.0. The number of amides is 2. The summed E-state index contributed by atoms with van der Waals surface area (Å²) >= 11 is 0. The Morgan fingerprint density at radius 1 is 1.20 bits per heavy atom. The van der Waals surface area contributed by atoms with Gasteiger partial charge in [0.25, 0.3) is 0 Å². The van der Waals surface area contributed by atoms with Crippen LogP contribution in [0.5, 0.6) is 0 Å². The lowest BCUT2D eigenvalue weighted by Crippen LogP contribution is -2.47. The number of urea groups is 1. The van der Waals surface area contributed by atoms with E-state index in [9.17, 15) is 9.59 Å². The van der Waals surface area contributed by atoms with Crippen LogP contribution in [0.4, 0.5) is 4.79 Å². The molecule has 0 aliphatic carbocycles. The van der Waals surface area contributed by atoms with E-state index in [-0.39, 0.29) is 0 Å². The molecule has 0 aromatic heterocycles. The summed E-state index contributed by atoms with van der Waals surface area (Å²) in [5.41, 5.74) is 1.06. The first-order chi connectivity index (χ1) is 9.49. The van der Waals surface area contributed by atoms with Gasteiger partial charge in [-0.15, -0.1) is 0 Å². The fourth-order valence-electron chi connectivity index (χ4n) is 1.72. The maximum Gasteiger partial charge on any atom is 0.326 e. The molecular weight excluding hydrogens is 256 g/mol. The summed E-state index contributed by atoms with van der Waals surface area (Å²) in [7, 11) is 0. The summed E-state index contributed by atoms with van der Waals surface area (Å²) in [5, 5.41) is 14.3. The van der Waals surface area contributed by atoms with Crippen molar-refractivity contribution in [3.05, 3.63) is 35.9 Å². The Hall–Kier alpha value is -2.04. The van der Waals surface area contributed by atoms with E-state index in [4.69, 9.17) is 5.11 Å². The van der Waals surface area contributed by atoms with Gasteiger partial charge in [0.15, 0.2) is 0 Å².